The van der Waals surface area contributed by atoms with Crippen LogP contribution in [0.3, 0.4) is 0 Å². The number of piperazine rings is 1. The topological polar surface area (TPSA) is 65.1 Å². The van der Waals surface area contributed by atoms with Crippen molar-refractivity contribution in [3.63, 3.8) is 0 Å². The van der Waals surface area contributed by atoms with Gasteiger partial charge in [-0.15, -0.1) is 11.8 Å². The number of methoxy groups -OCH3 is 1. The normalized spacial score (nSPS) is 24.6. The Morgan fingerprint density at radius 1 is 1.10 bits per heavy atom. The van der Waals surface area contributed by atoms with Gasteiger partial charge in [0.15, 0.2) is 0 Å². The third-order valence-corrected chi connectivity index (χ3v) is 10.1. The van der Waals surface area contributed by atoms with E-state index in [1.54, 1.807) is 18.9 Å². The van der Waals surface area contributed by atoms with Gasteiger partial charge in [-0.25, -0.2) is 0 Å². The van der Waals surface area contributed by atoms with Gasteiger partial charge in [0.2, 0.25) is 5.91 Å². The van der Waals surface area contributed by atoms with Gasteiger partial charge in [-0.2, -0.15) is 0 Å². The molecule has 7 nitrogen and oxygen atoms in total. The monoisotopic (exact) mass is 582 g/mol. The largest absolute Gasteiger partial charge is 0.497 e. The van der Waals surface area contributed by atoms with Crippen molar-refractivity contribution in [2.75, 3.05) is 58.3 Å². The molecule has 0 bridgehead atoms. The molecule has 2 aromatic carbocycles. The Hall–Kier alpha value is -2.68. The summed E-state index contributed by atoms with van der Waals surface area (Å²) < 4.78 is 5.26. The molecule has 3 aliphatic rings. The summed E-state index contributed by atoms with van der Waals surface area (Å²) in [6, 6.07) is 15.9. The van der Waals surface area contributed by atoms with Gasteiger partial charge < -0.3 is 19.9 Å². The van der Waals surface area contributed by atoms with Crippen molar-refractivity contribution in [2.24, 2.45) is 5.92 Å². The molecule has 2 heterocycles. The minimum Gasteiger partial charge on any atom is -0.497 e. The van der Waals surface area contributed by atoms with Crippen LogP contribution < -0.4 is 15.0 Å². The lowest BCUT2D eigenvalue weighted by molar-refractivity contribution is -0.131. The molecule has 0 radical (unpaired) electrons. The molecule has 1 N–H and O–H groups in total. The molecule has 2 aliphatic heterocycles. The Bertz CT molecular complexity index is 1220. The second-order valence-corrected chi connectivity index (χ2v) is 12.5. The number of nitrogens with zero attached hydrogens (tertiary/aromatic N) is 3. The van der Waals surface area contributed by atoms with Crippen molar-refractivity contribution in [1.82, 2.24) is 15.1 Å². The third-order valence-electron chi connectivity index (χ3n) is 8.38. The summed E-state index contributed by atoms with van der Waals surface area (Å²) in [4.78, 5) is 33.6. The fourth-order valence-electron chi connectivity index (χ4n) is 5.95. The molecule has 9 heteroatoms. The van der Waals surface area contributed by atoms with Gasteiger partial charge in [-0.3, -0.25) is 14.5 Å². The smallest absolute Gasteiger partial charge is 0.260 e. The minimum absolute atomic E-state index is 0.0133. The van der Waals surface area contributed by atoms with Crippen LogP contribution in [0.4, 0.5) is 5.69 Å². The summed E-state index contributed by atoms with van der Waals surface area (Å²) in [7, 11) is 3.56. The highest BCUT2D eigenvalue weighted by molar-refractivity contribution is 8.04. The summed E-state index contributed by atoms with van der Waals surface area (Å²) >= 11 is 7.97. The Labute approximate surface area is 246 Å². The van der Waals surface area contributed by atoms with Gasteiger partial charge in [-0.05, 0) is 74.2 Å². The first kappa shape index (κ1) is 28.8. The van der Waals surface area contributed by atoms with E-state index >= 15 is 0 Å². The maximum absolute atomic E-state index is 13.1. The number of thioether (sulfide) groups is 1. The van der Waals surface area contributed by atoms with Crippen molar-refractivity contribution < 1.29 is 14.3 Å². The maximum Gasteiger partial charge on any atom is 0.260 e. The first-order valence-electron chi connectivity index (χ1n) is 14.2. The zero-order chi connectivity index (χ0) is 28.1. The summed E-state index contributed by atoms with van der Waals surface area (Å²) in [5.41, 5.74) is 2.10. The number of hydrogen-bond donors (Lipinski definition) is 1. The summed E-state index contributed by atoms with van der Waals surface area (Å²) in [6.45, 7) is 5.73. The maximum atomic E-state index is 13.1. The quantitative estimate of drug-likeness (QED) is 0.358. The Kier molecular flexibility index (Phi) is 9.60. The molecule has 2 aromatic rings. The van der Waals surface area contributed by atoms with Gasteiger partial charge in [0.05, 0.1) is 12.0 Å². The van der Waals surface area contributed by atoms with Crippen molar-refractivity contribution in [2.45, 2.75) is 37.0 Å². The van der Waals surface area contributed by atoms with Crippen LogP contribution in [0.25, 0.3) is 6.08 Å². The second kappa shape index (κ2) is 13.3. The molecule has 40 heavy (non-hydrogen) atoms. The molecule has 1 saturated carbocycles. The molecule has 3 unspecified atom stereocenters. The van der Waals surface area contributed by atoms with Crippen LogP contribution in [-0.2, 0) is 9.59 Å². The predicted molar refractivity (Wildman–Crippen MR) is 164 cm³/mol. The van der Waals surface area contributed by atoms with Crippen LogP contribution in [0.15, 0.2) is 53.4 Å². The molecule has 0 spiro atoms. The number of fused-ring (bicyclic) bond motifs is 1. The first-order valence-corrected chi connectivity index (χ1v) is 15.5. The molecule has 1 aliphatic carbocycles. The number of hydrogen-bond acceptors (Lipinski definition) is 6. The molecule has 0 aromatic heterocycles. The lowest BCUT2D eigenvalue weighted by Gasteiger charge is -2.44. The molecule has 214 valence electrons. The van der Waals surface area contributed by atoms with E-state index in [1.807, 2.05) is 54.4 Å². The van der Waals surface area contributed by atoms with Crippen LogP contribution in [0.1, 0.15) is 31.2 Å². The van der Waals surface area contributed by atoms with Crippen LogP contribution in [-0.4, -0.2) is 86.3 Å². The van der Waals surface area contributed by atoms with Crippen molar-refractivity contribution in [3.8, 4) is 5.75 Å². The van der Waals surface area contributed by atoms with Crippen LogP contribution >= 0.6 is 23.4 Å². The molecule has 3 fully saturated rings. The Morgan fingerprint density at radius 2 is 1.85 bits per heavy atom. The van der Waals surface area contributed by atoms with E-state index in [0.29, 0.717) is 16.8 Å². The second-order valence-electron chi connectivity index (χ2n) is 10.9. The number of carbonyl (C=O) groups excluding carboxylic acids is 2. The number of rotatable bonds is 8. The molecule has 5 rings (SSSR count). The van der Waals surface area contributed by atoms with E-state index in [4.69, 9.17) is 16.3 Å². The number of ether oxygens (including phenoxy) is 1. The molecule has 3 atom stereocenters. The zero-order valence-corrected chi connectivity index (χ0v) is 24.9. The van der Waals surface area contributed by atoms with E-state index < -0.39 is 0 Å². The Morgan fingerprint density at radius 3 is 2.58 bits per heavy atom. The summed E-state index contributed by atoms with van der Waals surface area (Å²) in [5, 5.41) is 4.13. The number of carbonyl (C=O) groups is 2. The molecule has 2 saturated heterocycles. The van der Waals surface area contributed by atoms with E-state index in [1.165, 1.54) is 5.69 Å². The standard InChI is InChI=1S/C31H39ClN4O3S/c1-34-27-20-23(8-13-28(27)40-29(31(34)38)21-22-6-3-4-7-26(22)32)30(37)33-14-5-15-35-16-18-36(19-17-35)24-9-11-25(39-2)12-10-24/h3-4,6-7,9-12,21,23,27-28H,5,8,13-20H2,1-2H3,(H,33,37)/b29-21+. The number of nitrogens with one attached hydrogen (secondary N) is 1. The van der Waals surface area contributed by atoms with Crippen LogP contribution in [0.2, 0.25) is 5.02 Å². The number of likely N-dealkylation sites (N-methyl/N-ethyl adjacent to an activating group) is 1. The number of halogens is 1. The highest BCUT2D eigenvalue weighted by Crippen LogP contribution is 2.43. The molecular formula is C31H39ClN4O3S. The van der Waals surface area contributed by atoms with Crippen molar-refractivity contribution in [1.29, 1.82) is 0 Å². The van der Waals surface area contributed by atoms with Crippen molar-refractivity contribution in [3.05, 3.63) is 64.0 Å². The lowest BCUT2D eigenvalue weighted by Crippen LogP contribution is -2.52. The highest BCUT2D eigenvalue weighted by Gasteiger charge is 2.42. The Balaban J connectivity index is 1.04. The number of anilines is 1. The van der Waals surface area contributed by atoms with Crippen LogP contribution in [0, 0.1) is 5.92 Å². The molecular weight excluding hydrogens is 544 g/mol. The zero-order valence-electron chi connectivity index (χ0n) is 23.4. The fraction of sp³-hybridized carbons (Fsp3) is 0.484. The van der Waals surface area contributed by atoms with E-state index in [9.17, 15) is 9.59 Å². The van der Waals surface area contributed by atoms with E-state index in [-0.39, 0.29) is 23.8 Å². The SMILES string of the molecule is COc1ccc(N2CCN(CCCNC(=O)C3CCC4S/C(=C/c5ccccc5Cl)C(=O)N(C)C4C3)CC2)cc1. The summed E-state index contributed by atoms with van der Waals surface area (Å²) in [5.74, 6) is 0.982. The van der Waals surface area contributed by atoms with Gasteiger partial charge >= 0.3 is 0 Å². The van der Waals surface area contributed by atoms with Crippen molar-refractivity contribution >= 4 is 46.9 Å². The average Bonchev–Trinajstić information content (AvgIpc) is 2.99. The fourth-order valence-corrected chi connectivity index (χ4v) is 7.61. The third kappa shape index (κ3) is 6.78. The minimum atomic E-state index is -0.0424. The highest BCUT2D eigenvalue weighted by atomic mass is 35.5. The number of amides is 2. The predicted octanol–water partition coefficient (Wildman–Crippen LogP) is 4.76. The lowest BCUT2D eigenvalue weighted by atomic mass is 9.83. The van der Waals surface area contributed by atoms with E-state index in [2.05, 4.69) is 27.2 Å². The van der Waals surface area contributed by atoms with E-state index in [0.717, 1.165) is 74.6 Å². The van der Waals surface area contributed by atoms with Gasteiger partial charge in [0, 0.05) is 67.7 Å². The first-order chi connectivity index (χ1) is 19.4. The summed E-state index contributed by atoms with van der Waals surface area (Å²) in [6.07, 6.45) is 5.34. The number of benzene rings is 2. The molecule has 2 amide bonds. The average molecular weight is 583 g/mol. The van der Waals surface area contributed by atoms with Gasteiger partial charge in [0.25, 0.3) is 5.91 Å². The van der Waals surface area contributed by atoms with Crippen LogP contribution in [0.5, 0.6) is 5.75 Å². The van der Waals surface area contributed by atoms with Gasteiger partial charge in [0.1, 0.15) is 5.75 Å². The van der Waals surface area contributed by atoms with Gasteiger partial charge in [-0.1, -0.05) is 29.8 Å².